The molecule has 5 unspecified atom stereocenters. The number of nitrogens with zero attached hydrogens (tertiary/aromatic N) is 2. The van der Waals surface area contributed by atoms with Gasteiger partial charge in [-0.05, 0) is 53.0 Å². The van der Waals surface area contributed by atoms with Crippen LogP contribution in [0.2, 0.25) is 5.28 Å². The SMILES string of the molecule is O=[PH](O)OC1C2C=CC(CC2)C1Nc1nc(Cl)ncc1I. The maximum absolute atomic E-state index is 11.1. The Labute approximate surface area is 141 Å². The maximum atomic E-state index is 11.1. The van der Waals surface area contributed by atoms with Crippen molar-refractivity contribution in [2.45, 2.75) is 25.0 Å². The molecule has 6 nitrogen and oxygen atoms in total. The van der Waals surface area contributed by atoms with Gasteiger partial charge in [-0.15, -0.1) is 0 Å². The van der Waals surface area contributed by atoms with Gasteiger partial charge in [0.1, 0.15) is 5.82 Å². The Morgan fingerprint density at radius 1 is 1.43 bits per heavy atom. The summed E-state index contributed by atoms with van der Waals surface area (Å²) in [6.07, 6.45) is 7.55. The summed E-state index contributed by atoms with van der Waals surface area (Å²) in [5.74, 6) is 1.04. The zero-order valence-electron chi connectivity index (χ0n) is 10.9. The lowest BCUT2D eigenvalue weighted by molar-refractivity contribution is 0.0706. The van der Waals surface area contributed by atoms with Crippen LogP contribution in [0.5, 0.6) is 0 Å². The van der Waals surface area contributed by atoms with Crippen molar-refractivity contribution in [2.75, 3.05) is 5.32 Å². The highest BCUT2D eigenvalue weighted by molar-refractivity contribution is 14.1. The van der Waals surface area contributed by atoms with Crippen molar-refractivity contribution >= 4 is 48.3 Å². The second-order valence-corrected chi connectivity index (χ2v) is 7.41. The van der Waals surface area contributed by atoms with Gasteiger partial charge in [0, 0.05) is 12.1 Å². The Morgan fingerprint density at radius 2 is 2.14 bits per heavy atom. The zero-order chi connectivity index (χ0) is 15.0. The Balaban J connectivity index is 1.86. The molecule has 1 fully saturated rings. The molecule has 1 saturated carbocycles. The van der Waals surface area contributed by atoms with Crippen molar-refractivity contribution in [1.29, 1.82) is 0 Å². The third-order valence-electron chi connectivity index (χ3n) is 3.93. The summed E-state index contributed by atoms with van der Waals surface area (Å²) in [6.45, 7) is 0. The van der Waals surface area contributed by atoms with Crippen molar-refractivity contribution in [2.24, 2.45) is 11.8 Å². The molecule has 0 amide bonds. The molecule has 21 heavy (non-hydrogen) atoms. The van der Waals surface area contributed by atoms with Crippen LogP contribution in [0.4, 0.5) is 5.82 Å². The van der Waals surface area contributed by atoms with Gasteiger partial charge in [-0.25, -0.2) is 4.98 Å². The Bertz CT molecular complexity index is 603. The lowest BCUT2D eigenvalue weighted by Gasteiger charge is -2.44. The average Bonchev–Trinajstić information content (AvgIpc) is 2.46. The van der Waals surface area contributed by atoms with E-state index in [1.54, 1.807) is 6.20 Å². The lowest BCUT2D eigenvalue weighted by Crippen LogP contribution is -2.50. The number of fused-ring (bicyclic) bond motifs is 2. The molecule has 4 rings (SSSR count). The molecule has 114 valence electrons. The molecule has 0 spiro atoms. The average molecular weight is 442 g/mol. The Kier molecular flexibility index (Phi) is 4.85. The van der Waals surface area contributed by atoms with Crippen molar-refractivity contribution in [3.63, 3.8) is 0 Å². The summed E-state index contributed by atoms with van der Waals surface area (Å²) in [7, 11) is -2.98. The first-order valence-electron chi connectivity index (χ1n) is 6.57. The van der Waals surface area contributed by atoms with E-state index in [-0.39, 0.29) is 29.3 Å². The molecule has 1 heterocycles. The molecule has 9 heteroatoms. The minimum atomic E-state index is -2.98. The topological polar surface area (TPSA) is 84.3 Å². The smallest absolute Gasteiger partial charge is 0.316 e. The van der Waals surface area contributed by atoms with Crippen LogP contribution in [0.25, 0.3) is 0 Å². The van der Waals surface area contributed by atoms with Gasteiger partial charge in [0.05, 0.1) is 15.7 Å². The summed E-state index contributed by atoms with van der Waals surface area (Å²) in [6, 6.07) is -0.0886. The fourth-order valence-corrected chi connectivity index (χ4v) is 4.12. The second kappa shape index (κ2) is 6.50. The van der Waals surface area contributed by atoms with Crippen molar-refractivity contribution < 1.29 is 14.0 Å². The quantitative estimate of drug-likeness (QED) is 0.324. The number of aromatic nitrogens is 2. The predicted octanol–water partition coefficient (Wildman–Crippen LogP) is 2.88. The van der Waals surface area contributed by atoms with E-state index < -0.39 is 8.25 Å². The van der Waals surface area contributed by atoms with Crippen LogP contribution in [-0.2, 0) is 9.09 Å². The number of hydrogen-bond donors (Lipinski definition) is 2. The minimum Gasteiger partial charge on any atom is -0.363 e. The number of hydrogen-bond acceptors (Lipinski definition) is 5. The molecule has 2 N–H and O–H groups in total. The van der Waals surface area contributed by atoms with Gasteiger partial charge in [0.15, 0.2) is 0 Å². The molecular weight excluding hydrogens is 427 g/mol. The molecule has 0 aliphatic heterocycles. The first-order valence-corrected chi connectivity index (χ1v) is 9.29. The summed E-state index contributed by atoms with van der Waals surface area (Å²) in [5, 5.41) is 3.49. The molecule has 2 bridgehead atoms. The normalized spacial score (nSPS) is 32.1. The van der Waals surface area contributed by atoms with E-state index in [0.29, 0.717) is 5.82 Å². The fourth-order valence-electron chi connectivity index (χ4n) is 3.02. The Morgan fingerprint density at radius 3 is 2.81 bits per heavy atom. The van der Waals surface area contributed by atoms with E-state index in [0.717, 1.165) is 16.4 Å². The number of nitrogens with one attached hydrogen (secondary N) is 1. The number of rotatable bonds is 4. The molecule has 0 aromatic carbocycles. The molecule has 0 saturated heterocycles. The molecule has 1 aromatic rings. The van der Waals surface area contributed by atoms with Crippen LogP contribution in [0.1, 0.15) is 12.8 Å². The predicted molar refractivity (Wildman–Crippen MR) is 88.6 cm³/mol. The van der Waals surface area contributed by atoms with Crippen molar-refractivity contribution in [3.8, 4) is 0 Å². The van der Waals surface area contributed by atoms with E-state index in [1.165, 1.54) is 0 Å². The van der Waals surface area contributed by atoms with Crippen LogP contribution in [0, 0.1) is 15.4 Å². The van der Waals surface area contributed by atoms with Crippen molar-refractivity contribution in [3.05, 3.63) is 27.2 Å². The van der Waals surface area contributed by atoms with Gasteiger partial charge in [0.2, 0.25) is 5.28 Å². The van der Waals surface area contributed by atoms with Gasteiger partial charge in [-0.2, -0.15) is 4.98 Å². The zero-order valence-corrected chi connectivity index (χ0v) is 14.8. The molecule has 1 aromatic heterocycles. The third kappa shape index (κ3) is 3.42. The molecule has 3 aliphatic rings. The van der Waals surface area contributed by atoms with Gasteiger partial charge in [0.25, 0.3) is 0 Å². The van der Waals surface area contributed by atoms with E-state index in [9.17, 15) is 4.57 Å². The van der Waals surface area contributed by atoms with Gasteiger partial charge >= 0.3 is 8.25 Å². The van der Waals surface area contributed by atoms with Crippen LogP contribution in [-0.4, -0.2) is 27.0 Å². The summed E-state index contributed by atoms with van der Waals surface area (Å²) in [4.78, 5) is 17.3. The standard InChI is InChI=1S/C12H14ClIN3O3P/c13-12-15-5-8(14)11(17-12)16-9-6-1-3-7(4-2-6)10(9)20-21(18)19/h1,3,5-7,9-10,21H,2,4H2,(H,18,19)(H,15,16,17). The van der Waals surface area contributed by atoms with Crippen LogP contribution < -0.4 is 5.32 Å². The molecule has 0 radical (unpaired) electrons. The fraction of sp³-hybridized carbons (Fsp3) is 0.500. The number of halogens is 2. The highest BCUT2D eigenvalue weighted by atomic mass is 127. The van der Waals surface area contributed by atoms with Crippen LogP contribution in [0.15, 0.2) is 18.3 Å². The van der Waals surface area contributed by atoms with Gasteiger partial charge < -0.3 is 14.7 Å². The number of anilines is 1. The summed E-state index contributed by atoms with van der Waals surface area (Å²) >= 11 is 7.96. The first kappa shape index (κ1) is 15.7. The maximum Gasteiger partial charge on any atom is 0.316 e. The van der Waals surface area contributed by atoms with Crippen LogP contribution >= 0.6 is 42.4 Å². The van der Waals surface area contributed by atoms with E-state index in [1.807, 2.05) is 0 Å². The van der Waals surface area contributed by atoms with E-state index in [4.69, 9.17) is 21.0 Å². The van der Waals surface area contributed by atoms with Crippen LogP contribution in [0.3, 0.4) is 0 Å². The Hall–Kier alpha value is -0.210. The largest absolute Gasteiger partial charge is 0.363 e. The molecule has 3 aliphatic carbocycles. The minimum absolute atomic E-state index is 0.0886. The second-order valence-electron chi connectivity index (χ2n) is 5.14. The van der Waals surface area contributed by atoms with Gasteiger partial charge in [-0.3, -0.25) is 4.57 Å². The first-order chi connectivity index (χ1) is 10.0. The highest BCUT2D eigenvalue weighted by Gasteiger charge is 2.42. The van der Waals surface area contributed by atoms with E-state index in [2.05, 4.69) is 50.0 Å². The summed E-state index contributed by atoms with van der Waals surface area (Å²) < 4.78 is 17.3. The molecular formula is C12H14ClIN3O3P. The third-order valence-corrected chi connectivity index (χ3v) is 5.38. The summed E-state index contributed by atoms with van der Waals surface area (Å²) in [5.41, 5.74) is 0. The molecule has 5 atom stereocenters. The lowest BCUT2D eigenvalue weighted by atomic mass is 9.71. The van der Waals surface area contributed by atoms with Crippen molar-refractivity contribution in [1.82, 2.24) is 9.97 Å². The van der Waals surface area contributed by atoms with E-state index >= 15 is 0 Å². The van der Waals surface area contributed by atoms with Gasteiger partial charge in [-0.1, -0.05) is 12.2 Å². The highest BCUT2D eigenvalue weighted by Crippen LogP contribution is 2.42. The monoisotopic (exact) mass is 441 g/mol.